The average molecular weight is 340 g/mol. The lowest BCUT2D eigenvalue weighted by Gasteiger charge is -2.14. The summed E-state index contributed by atoms with van der Waals surface area (Å²) in [6.45, 7) is 0. The van der Waals surface area contributed by atoms with E-state index in [1.54, 1.807) is 24.3 Å². The summed E-state index contributed by atoms with van der Waals surface area (Å²) in [4.78, 5) is 14.4. The van der Waals surface area contributed by atoms with E-state index in [9.17, 15) is 9.18 Å². The van der Waals surface area contributed by atoms with E-state index in [4.69, 9.17) is 17.5 Å². The topological polar surface area (TPSA) is 44.1 Å². The molecule has 0 bridgehead atoms. The van der Waals surface area contributed by atoms with Crippen LogP contribution >= 0.6 is 24.0 Å². The lowest BCUT2D eigenvalue weighted by atomic mass is 10.1. The van der Waals surface area contributed by atoms with E-state index < -0.39 is 0 Å². The van der Waals surface area contributed by atoms with Gasteiger partial charge in [-0.3, -0.25) is 9.69 Å². The van der Waals surface area contributed by atoms with E-state index in [-0.39, 0.29) is 11.7 Å². The Morgan fingerprint density at radius 3 is 2.65 bits per heavy atom. The van der Waals surface area contributed by atoms with Gasteiger partial charge in [0.15, 0.2) is 4.32 Å². The van der Waals surface area contributed by atoms with E-state index in [1.807, 2.05) is 6.07 Å². The molecular formula is C17H9FN2OS2. The van der Waals surface area contributed by atoms with Crippen molar-refractivity contribution in [2.45, 2.75) is 0 Å². The molecule has 0 saturated carbocycles. The predicted molar refractivity (Wildman–Crippen MR) is 93.2 cm³/mol. The number of thioether (sulfide) groups is 1. The van der Waals surface area contributed by atoms with Crippen molar-refractivity contribution < 1.29 is 9.18 Å². The third-order valence-corrected chi connectivity index (χ3v) is 4.49. The fourth-order valence-corrected chi connectivity index (χ4v) is 3.43. The van der Waals surface area contributed by atoms with Crippen LogP contribution in [0.2, 0.25) is 0 Å². The lowest BCUT2D eigenvalue weighted by Crippen LogP contribution is -2.27. The van der Waals surface area contributed by atoms with Crippen molar-refractivity contribution in [1.82, 2.24) is 0 Å². The van der Waals surface area contributed by atoms with Crippen LogP contribution in [-0.2, 0) is 4.79 Å². The van der Waals surface area contributed by atoms with Gasteiger partial charge in [0, 0.05) is 0 Å². The molecule has 3 nitrogen and oxygen atoms in total. The number of carbonyl (C=O) groups is 1. The van der Waals surface area contributed by atoms with E-state index >= 15 is 0 Å². The van der Waals surface area contributed by atoms with Crippen molar-refractivity contribution in [2.24, 2.45) is 0 Å². The minimum atomic E-state index is -0.372. The zero-order valence-electron chi connectivity index (χ0n) is 11.7. The van der Waals surface area contributed by atoms with Crippen molar-refractivity contribution >= 4 is 46.0 Å². The third kappa shape index (κ3) is 3.16. The average Bonchev–Trinajstić information content (AvgIpc) is 2.83. The number of thiocarbonyl (C=S) groups is 1. The summed E-state index contributed by atoms with van der Waals surface area (Å²) < 4.78 is 13.4. The van der Waals surface area contributed by atoms with Gasteiger partial charge < -0.3 is 0 Å². The minimum absolute atomic E-state index is 0.256. The van der Waals surface area contributed by atoms with Crippen LogP contribution in [0.15, 0.2) is 53.4 Å². The molecule has 0 atom stereocenters. The third-order valence-electron chi connectivity index (χ3n) is 3.19. The van der Waals surface area contributed by atoms with Crippen molar-refractivity contribution in [3.63, 3.8) is 0 Å². The first-order valence-electron chi connectivity index (χ1n) is 6.62. The summed E-state index contributed by atoms with van der Waals surface area (Å²) >= 11 is 6.44. The van der Waals surface area contributed by atoms with Gasteiger partial charge in [0.1, 0.15) is 5.82 Å². The molecule has 0 N–H and O–H groups in total. The Kier molecular flexibility index (Phi) is 4.24. The molecule has 1 aliphatic rings. The Morgan fingerprint density at radius 1 is 1.22 bits per heavy atom. The van der Waals surface area contributed by atoms with E-state index in [2.05, 4.69) is 6.07 Å². The summed E-state index contributed by atoms with van der Waals surface area (Å²) in [6.07, 6.45) is 1.70. The molecule has 3 rings (SSSR count). The smallest absolute Gasteiger partial charge is 0.268 e. The number of nitriles is 1. The number of nitrogens with zero attached hydrogens (tertiary/aromatic N) is 2. The second-order valence-corrected chi connectivity index (χ2v) is 6.41. The van der Waals surface area contributed by atoms with E-state index in [1.165, 1.54) is 40.9 Å². The molecule has 6 heteroatoms. The van der Waals surface area contributed by atoms with Gasteiger partial charge >= 0.3 is 0 Å². The first-order chi connectivity index (χ1) is 11.1. The van der Waals surface area contributed by atoms with Gasteiger partial charge in [-0.25, -0.2) is 4.39 Å². The first kappa shape index (κ1) is 15.4. The molecule has 2 aromatic carbocycles. The molecule has 0 unspecified atom stereocenters. The maximum absolute atomic E-state index is 13.0. The van der Waals surface area contributed by atoms with Crippen LogP contribution in [0, 0.1) is 17.1 Å². The molecule has 1 fully saturated rings. The number of anilines is 1. The van der Waals surface area contributed by atoms with Gasteiger partial charge in [-0.15, -0.1) is 0 Å². The molecule has 0 spiro atoms. The quantitative estimate of drug-likeness (QED) is 0.610. The Hall–Kier alpha value is -2.49. The summed E-state index contributed by atoms with van der Waals surface area (Å²) in [5.41, 5.74) is 1.81. The maximum atomic E-state index is 13.0. The lowest BCUT2D eigenvalue weighted by molar-refractivity contribution is -0.113. The van der Waals surface area contributed by atoms with E-state index in [0.29, 0.717) is 20.5 Å². The summed E-state index contributed by atoms with van der Waals surface area (Å²) in [5.74, 6) is -0.628. The van der Waals surface area contributed by atoms with Gasteiger partial charge in [-0.05, 0) is 48.0 Å². The molecule has 2 aromatic rings. The van der Waals surface area contributed by atoms with Gasteiger partial charge in [0.05, 0.1) is 22.2 Å². The monoisotopic (exact) mass is 340 g/mol. The van der Waals surface area contributed by atoms with Crippen molar-refractivity contribution in [3.8, 4) is 6.07 Å². The minimum Gasteiger partial charge on any atom is -0.268 e. The molecular weight excluding hydrogens is 331 g/mol. The second kappa shape index (κ2) is 6.32. The highest BCUT2D eigenvalue weighted by Gasteiger charge is 2.33. The Morgan fingerprint density at radius 2 is 1.96 bits per heavy atom. The largest absolute Gasteiger partial charge is 0.270 e. The summed E-state index contributed by atoms with van der Waals surface area (Å²) in [6, 6.07) is 14.6. The van der Waals surface area contributed by atoms with Gasteiger partial charge in [-0.2, -0.15) is 5.26 Å². The van der Waals surface area contributed by atoms with Crippen LogP contribution in [0.3, 0.4) is 0 Å². The zero-order valence-corrected chi connectivity index (χ0v) is 13.3. The van der Waals surface area contributed by atoms with Crippen LogP contribution in [0.5, 0.6) is 0 Å². The first-order valence-corrected chi connectivity index (χ1v) is 7.84. The van der Waals surface area contributed by atoms with Crippen LogP contribution in [0.4, 0.5) is 10.1 Å². The van der Waals surface area contributed by atoms with Gasteiger partial charge in [0.25, 0.3) is 5.91 Å². The zero-order chi connectivity index (χ0) is 16.4. The molecule has 0 aromatic heterocycles. The number of amides is 1. The fraction of sp³-hybridized carbons (Fsp3) is 0. The van der Waals surface area contributed by atoms with Crippen LogP contribution in [0.1, 0.15) is 11.1 Å². The molecule has 1 aliphatic heterocycles. The molecule has 0 radical (unpaired) electrons. The normalized spacial score (nSPS) is 16.0. The predicted octanol–water partition coefficient (Wildman–Crippen LogP) is 4.10. The molecule has 112 valence electrons. The second-order valence-electron chi connectivity index (χ2n) is 4.73. The number of hydrogen-bond donors (Lipinski definition) is 0. The Bertz CT molecular complexity index is 869. The van der Waals surface area contributed by atoms with Gasteiger partial charge in [-0.1, -0.05) is 36.1 Å². The van der Waals surface area contributed by atoms with Crippen molar-refractivity contribution in [1.29, 1.82) is 5.26 Å². The number of rotatable bonds is 2. The highest BCUT2D eigenvalue weighted by molar-refractivity contribution is 8.27. The number of benzene rings is 2. The standard InChI is InChI=1S/C17H9FN2OS2/c18-13-4-6-14(7-5-13)20-16(21)15(23-17(20)22)9-11-2-1-3-12(8-11)10-19/h1-9H/b15-9+. The van der Waals surface area contributed by atoms with Gasteiger partial charge in [0.2, 0.25) is 0 Å². The molecule has 0 aliphatic carbocycles. The maximum Gasteiger partial charge on any atom is 0.270 e. The fourth-order valence-electron chi connectivity index (χ4n) is 2.13. The number of halogens is 1. The van der Waals surface area contributed by atoms with Crippen molar-refractivity contribution in [3.05, 3.63) is 70.4 Å². The highest BCUT2D eigenvalue weighted by atomic mass is 32.2. The van der Waals surface area contributed by atoms with Crippen LogP contribution < -0.4 is 4.90 Å². The Balaban J connectivity index is 1.93. The Labute approximate surface area is 142 Å². The molecule has 23 heavy (non-hydrogen) atoms. The number of carbonyl (C=O) groups excluding carboxylic acids is 1. The highest BCUT2D eigenvalue weighted by Crippen LogP contribution is 2.36. The van der Waals surface area contributed by atoms with Crippen LogP contribution in [0.25, 0.3) is 6.08 Å². The SMILES string of the molecule is N#Cc1cccc(/C=C2/SC(=S)N(c3ccc(F)cc3)C2=O)c1. The molecule has 1 saturated heterocycles. The summed E-state index contributed by atoms with van der Waals surface area (Å²) in [5, 5.41) is 8.93. The number of hydrogen-bond acceptors (Lipinski definition) is 4. The molecule has 1 heterocycles. The summed E-state index contributed by atoms with van der Waals surface area (Å²) in [7, 11) is 0. The molecule has 1 amide bonds. The van der Waals surface area contributed by atoms with Crippen LogP contribution in [-0.4, -0.2) is 10.2 Å². The van der Waals surface area contributed by atoms with E-state index in [0.717, 1.165) is 5.56 Å². The van der Waals surface area contributed by atoms with Crippen molar-refractivity contribution in [2.75, 3.05) is 4.90 Å².